The number of rotatable bonds is 4. The summed E-state index contributed by atoms with van der Waals surface area (Å²) in [6, 6.07) is 9.62. The molecule has 0 radical (unpaired) electrons. The van der Waals surface area contributed by atoms with E-state index in [4.69, 9.17) is 4.74 Å². The number of aromatic nitrogens is 3. The molecule has 0 N–H and O–H groups in total. The minimum Gasteiger partial charge on any atom is -0.484 e. The van der Waals surface area contributed by atoms with Gasteiger partial charge in [-0.3, -0.25) is 4.79 Å². The van der Waals surface area contributed by atoms with Crippen LogP contribution in [0, 0.1) is 13.8 Å². The van der Waals surface area contributed by atoms with Gasteiger partial charge in [0.15, 0.2) is 6.61 Å². The van der Waals surface area contributed by atoms with Crippen molar-refractivity contribution in [3.05, 3.63) is 42.0 Å². The maximum absolute atomic E-state index is 12.4. The molecule has 1 unspecified atom stereocenters. The Kier molecular flexibility index (Phi) is 4.60. The molecule has 0 bridgehead atoms. The van der Waals surface area contributed by atoms with Crippen LogP contribution in [0.4, 0.5) is 0 Å². The van der Waals surface area contributed by atoms with Crippen molar-refractivity contribution in [2.45, 2.75) is 32.7 Å². The molecular formula is C17H22N4O2. The van der Waals surface area contributed by atoms with E-state index in [1.54, 1.807) is 0 Å². The van der Waals surface area contributed by atoms with E-state index < -0.39 is 0 Å². The first-order valence-corrected chi connectivity index (χ1v) is 7.99. The largest absolute Gasteiger partial charge is 0.484 e. The number of hydrogen-bond donors (Lipinski definition) is 0. The molecule has 2 heterocycles. The first kappa shape index (κ1) is 15.5. The predicted octanol–water partition coefficient (Wildman–Crippen LogP) is 2.14. The standard InChI is InChI=1S/C17H22N4O2/c1-13-18-14(2)21(19-13)15-7-6-10-20(11-15)17(22)12-23-16-8-4-3-5-9-16/h3-5,8-9,15H,6-7,10-12H2,1-2H3. The van der Waals surface area contributed by atoms with Crippen LogP contribution >= 0.6 is 0 Å². The van der Waals surface area contributed by atoms with Gasteiger partial charge in [-0.25, -0.2) is 9.67 Å². The summed E-state index contributed by atoms with van der Waals surface area (Å²) in [7, 11) is 0. The van der Waals surface area contributed by atoms with E-state index in [0.717, 1.165) is 36.8 Å². The molecule has 3 rings (SSSR count). The second kappa shape index (κ2) is 6.81. The predicted molar refractivity (Wildman–Crippen MR) is 86.3 cm³/mol. The molecule has 6 heteroatoms. The third-order valence-corrected chi connectivity index (χ3v) is 4.11. The van der Waals surface area contributed by atoms with Gasteiger partial charge in [0, 0.05) is 13.1 Å². The van der Waals surface area contributed by atoms with Crippen LogP contribution in [0.1, 0.15) is 30.5 Å². The minimum atomic E-state index is 0.0213. The van der Waals surface area contributed by atoms with Crippen LogP contribution in [0.5, 0.6) is 5.75 Å². The second-order valence-corrected chi connectivity index (χ2v) is 5.89. The van der Waals surface area contributed by atoms with Crippen LogP contribution in [0.15, 0.2) is 30.3 Å². The SMILES string of the molecule is Cc1nc(C)n(C2CCCN(C(=O)COc3ccccc3)C2)n1. The number of aryl methyl sites for hydroxylation is 2. The number of piperidine rings is 1. The summed E-state index contributed by atoms with van der Waals surface area (Å²) in [6.45, 7) is 5.37. The summed E-state index contributed by atoms with van der Waals surface area (Å²) in [6.07, 6.45) is 1.99. The van der Waals surface area contributed by atoms with E-state index in [1.807, 2.05) is 53.8 Å². The summed E-state index contributed by atoms with van der Waals surface area (Å²) in [4.78, 5) is 18.6. The van der Waals surface area contributed by atoms with Crippen molar-refractivity contribution in [3.8, 4) is 5.75 Å². The molecule has 1 aromatic heterocycles. The van der Waals surface area contributed by atoms with Crippen LogP contribution < -0.4 is 4.74 Å². The Bertz CT molecular complexity index is 668. The van der Waals surface area contributed by atoms with Gasteiger partial charge in [0.25, 0.3) is 5.91 Å². The van der Waals surface area contributed by atoms with E-state index in [2.05, 4.69) is 10.1 Å². The fourth-order valence-electron chi connectivity index (χ4n) is 3.02. The highest BCUT2D eigenvalue weighted by Crippen LogP contribution is 2.22. The number of amides is 1. The van der Waals surface area contributed by atoms with Gasteiger partial charge in [-0.15, -0.1) is 0 Å². The summed E-state index contributed by atoms with van der Waals surface area (Å²) >= 11 is 0. The van der Waals surface area contributed by atoms with Crippen molar-refractivity contribution in [3.63, 3.8) is 0 Å². The molecule has 1 aliphatic rings. The molecule has 1 atom stereocenters. The van der Waals surface area contributed by atoms with E-state index >= 15 is 0 Å². The second-order valence-electron chi connectivity index (χ2n) is 5.89. The molecule has 23 heavy (non-hydrogen) atoms. The molecule has 1 aromatic carbocycles. The highest BCUT2D eigenvalue weighted by atomic mass is 16.5. The zero-order valence-electron chi connectivity index (χ0n) is 13.6. The lowest BCUT2D eigenvalue weighted by atomic mass is 10.1. The maximum atomic E-state index is 12.4. The molecule has 6 nitrogen and oxygen atoms in total. The van der Waals surface area contributed by atoms with Crippen LogP contribution in [0.25, 0.3) is 0 Å². The van der Waals surface area contributed by atoms with Crippen molar-refractivity contribution in [2.75, 3.05) is 19.7 Å². The van der Waals surface area contributed by atoms with Crippen molar-refractivity contribution >= 4 is 5.91 Å². The molecular weight excluding hydrogens is 292 g/mol. The van der Waals surface area contributed by atoms with Gasteiger partial charge < -0.3 is 9.64 Å². The average Bonchev–Trinajstić information content (AvgIpc) is 2.92. The molecule has 0 aliphatic carbocycles. The van der Waals surface area contributed by atoms with Crippen LogP contribution in [-0.2, 0) is 4.79 Å². The van der Waals surface area contributed by atoms with Gasteiger partial charge in [0.05, 0.1) is 6.04 Å². The normalized spacial score (nSPS) is 18.0. The fourth-order valence-corrected chi connectivity index (χ4v) is 3.02. The van der Waals surface area contributed by atoms with E-state index in [9.17, 15) is 4.79 Å². The Morgan fingerprint density at radius 3 is 2.78 bits per heavy atom. The minimum absolute atomic E-state index is 0.0213. The number of carbonyl (C=O) groups is 1. The fraction of sp³-hybridized carbons (Fsp3) is 0.471. The molecule has 1 fully saturated rings. The number of carbonyl (C=O) groups excluding carboxylic acids is 1. The topological polar surface area (TPSA) is 60.2 Å². The molecule has 1 amide bonds. The number of benzene rings is 1. The molecule has 122 valence electrons. The first-order chi connectivity index (χ1) is 11.1. The molecule has 2 aromatic rings. The number of para-hydroxylation sites is 1. The summed E-state index contributed by atoms with van der Waals surface area (Å²) in [5, 5.41) is 4.46. The van der Waals surface area contributed by atoms with E-state index in [0.29, 0.717) is 6.54 Å². The lowest BCUT2D eigenvalue weighted by Gasteiger charge is -2.33. The Morgan fingerprint density at radius 1 is 1.30 bits per heavy atom. The zero-order valence-corrected chi connectivity index (χ0v) is 13.6. The van der Waals surface area contributed by atoms with Crippen molar-refractivity contribution < 1.29 is 9.53 Å². The Hall–Kier alpha value is -2.37. The van der Waals surface area contributed by atoms with Gasteiger partial charge in [0.2, 0.25) is 0 Å². The number of nitrogens with zero attached hydrogens (tertiary/aromatic N) is 4. The lowest BCUT2D eigenvalue weighted by Crippen LogP contribution is -2.43. The zero-order chi connectivity index (χ0) is 16.2. The monoisotopic (exact) mass is 314 g/mol. The highest BCUT2D eigenvalue weighted by Gasteiger charge is 2.26. The maximum Gasteiger partial charge on any atom is 0.260 e. The summed E-state index contributed by atoms with van der Waals surface area (Å²) in [5.74, 6) is 2.42. The molecule has 1 saturated heterocycles. The van der Waals surface area contributed by atoms with Crippen LogP contribution in [0.3, 0.4) is 0 Å². The Balaban J connectivity index is 1.59. The van der Waals surface area contributed by atoms with Gasteiger partial charge in [-0.1, -0.05) is 18.2 Å². The molecule has 0 spiro atoms. The van der Waals surface area contributed by atoms with Gasteiger partial charge in [-0.2, -0.15) is 5.10 Å². The van der Waals surface area contributed by atoms with Crippen molar-refractivity contribution in [1.82, 2.24) is 19.7 Å². The summed E-state index contributed by atoms with van der Waals surface area (Å²) < 4.78 is 7.52. The molecule has 1 aliphatic heterocycles. The average molecular weight is 314 g/mol. The van der Waals surface area contributed by atoms with E-state index in [1.165, 1.54) is 0 Å². The van der Waals surface area contributed by atoms with Crippen molar-refractivity contribution in [2.24, 2.45) is 0 Å². The van der Waals surface area contributed by atoms with E-state index in [-0.39, 0.29) is 18.6 Å². The van der Waals surface area contributed by atoms with Crippen molar-refractivity contribution in [1.29, 1.82) is 0 Å². The Labute approximate surface area is 136 Å². The quantitative estimate of drug-likeness (QED) is 0.867. The van der Waals surface area contributed by atoms with Gasteiger partial charge >= 0.3 is 0 Å². The smallest absolute Gasteiger partial charge is 0.260 e. The summed E-state index contributed by atoms with van der Waals surface area (Å²) in [5.41, 5.74) is 0. The van der Waals surface area contributed by atoms with Crippen LogP contribution in [0.2, 0.25) is 0 Å². The first-order valence-electron chi connectivity index (χ1n) is 7.99. The Morgan fingerprint density at radius 2 is 2.09 bits per heavy atom. The third kappa shape index (κ3) is 3.70. The van der Waals surface area contributed by atoms with Gasteiger partial charge in [0.1, 0.15) is 17.4 Å². The third-order valence-electron chi connectivity index (χ3n) is 4.11. The van der Waals surface area contributed by atoms with Gasteiger partial charge in [-0.05, 0) is 38.8 Å². The van der Waals surface area contributed by atoms with Crippen LogP contribution in [-0.4, -0.2) is 45.3 Å². The lowest BCUT2D eigenvalue weighted by molar-refractivity contribution is -0.135. The number of ether oxygens (including phenoxy) is 1. The highest BCUT2D eigenvalue weighted by molar-refractivity contribution is 5.77. The number of hydrogen-bond acceptors (Lipinski definition) is 4. The number of likely N-dealkylation sites (tertiary alicyclic amines) is 1. The molecule has 0 saturated carbocycles.